The van der Waals surface area contributed by atoms with Crippen LogP contribution >= 0.6 is 11.8 Å². The highest BCUT2D eigenvalue weighted by Gasteiger charge is 2.28. The molecule has 1 amide bonds. The number of nitrogens with zero attached hydrogens (tertiary/aromatic N) is 1. The van der Waals surface area contributed by atoms with Gasteiger partial charge >= 0.3 is 5.97 Å². The second-order valence-electron chi connectivity index (χ2n) is 8.27. The van der Waals surface area contributed by atoms with Crippen molar-refractivity contribution in [1.82, 2.24) is 10.3 Å². The number of carbonyl (C=O) groups excluding carboxylic acids is 2. The Bertz CT molecular complexity index is 1190. The Morgan fingerprint density at radius 3 is 2.43 bits per heavy atom. The summed E-state index contributed by atoms with van der Waals surface area (Å²) in [5, 5.41) is 12.5. The normalized spacial score (nSPS) is 13.4. The van der Waals surface area contributed by atoms with Gasteiger partial charge in [-0.05, 0) is 44.9 Å². The van der Waals surface area contributed by atoms with E-state index in [4.69, 9.17) is 9.47 Å². The van der Waals surface area contributed by atoms with Crippen molar-refractivity contribution < 1.29 is 24.2 Å². The van der Waals surface area contributed by atoms with E-state index in [0.29, 0.717) is 0 Å². The number of benzene rings is 2. The minimum absolute atomic E-state index is 0.114. The van der Waals surface area contributed by atoms with Crippen LogP contribution in [0.1, 0.15) is 46.3 Å². The highest BCUT2D eigenvalue weighted by atomic mass is 32.2. The van der Waals surface area contributed by atoms with Crippen molar-refractivity contribution in [1.29, 1.82) is 0 Å². The molecular weight excluding hydrogens is 464 g/mol. The van der Waals surface area contributed by atoms with Crippen LogP contribution in [-0.4, -0.2) is 41.2 Å². The maximum atomic E-state index is 12.9. The summed E-state index contributed by atoms with van der Waals surface area (Å²) < 4.78 is 10.8. The molecule has 7 nitrogen and oxygen atoms in total. The van der Waals surface area contributed by atoms with Gasteiger partial charge in [0, 0.05) is 17.2 Å². The fourth-order valence-corrected chi connectivity index (χ4v) is 4.79. The van der Waals surface area contributed by atoms with Gasteiger partial charge in [-0.3, -0.25) is 4.79 Å². The summed E-state index contributed by atoms with van der Waals surface area (Å²) in [5.74, 6) is -1.57. The lowest BCUT2D eigenvalue weighted by molar-refractivity contribution is -0.150. The van der Waals surface area contributed by atoms with E-state index in [1.54, 1.807) is 11.8 Å². The van der Waals surface area contributed by atoms with Crippen molar-refractivity contribution in [3.8, 4) is 11.5 Å². The molecule has 2 aromatic carbocycles. The molecule has 3 aromatic rings. The zero-order valence-corrected chi connectivity index (χ0v) is 21.3. The third-order valence-electron chi connectivity index (χ3n) is 5.46. The van der Waals surface area contributed by atoms with Crippen molar-refractivity contribution in [3.63, 3.8) is 0 Å². The van der Waals surface area contributed by atoms with E-state index in [1.807, 2.05) is 37.3 Å². The molecule has 3 atom stereocenters. The van der Waals surface area contributed by atoms with Crippen molar-refractivity contribution in [2.45, 2.75) is 50.0 Å². The van der Waals surface area contributed by atoms with Gasteiger partial charge < -0.3 is 19.9 Å². The number of aromatic nitrogens is 1. The number of thioether (sulfide) groups is 1. The van der Waals surface area contributed by atoms with Gasteiger partial charge in [0.05, 0.1) is 12.4 Å². The topological polar surface area (TPSA) is 97.8 Å². The summed E-state index contributed by atoms with van der Waals surface area (Å²) in [4.78, 5) is 30.5. The quantitative estimate of drug-likeness (QED) is 0.319. The zero-order chi connectivity index (χ0) is 25.5. The van der Waals surface area contributed by atoms with Crippen molar-refractivity contribution in [2.24, 2.45) is 0 Å². The van der Waals surface area contributed by atoms with Crippen LogP contribution in [0.4, 0.5) is 0 Å². The van der Waals surface area contributed by atoms with E-state index < -0.39 is 29.8 Å². The van der Waals surface area contributed by atoms with Crippen LogP contribution in [-0.2, 0) is 9.53 Å². The highest BCUT2D eigenvalue weighted by molar-refractivity contribution is 7.99. The summed E-state index contributed by atoms with van der Waals surface area (Å²) in [6.45, 7) is 7.49. The fraction of sp³-hybridized carbons (Fsp3) is 0.296. The predicted molar refractivity (Wildman–Crippen MR) is 136 cm³/mol. The smallest absolute Gasteiger partial charge is 0.328 e. The Labute approximate surface area is 209 Å². The zero-order valence-electron chi connectivity index (χ0n) is 20.4. The summed E-state index contributed by atoms with van der Waals surface area (Å²) in [6.07, 6.45) is 0.853. The van der Waals surface area contributed by atoms with Crippen LogP contribution in [0.2, 0.25) is 0 Å². The van der Waals surface area contributed by atoms with Gasteiger partial charge in [-0.25, -0.2) is 9.78 Å². The monoisotopic (exact) mass is 494 g/mol. The number of pyridine rings is 1. The molecule has 3 rings (SSSR count). The molecular formula is C27H30N2O5S. The minimum atomic E-state index is -0.958. The molecule has 2 N–H and O–H groups in total. The standard InChI is InChI=1S/C27H30N2O5S/c1-16-11-12-22(17(2)15-16)35-25(20-9-7-6-8-10-20)19(4)34-27(32)18(3)29-26(31)23-24(30)21(33-5)13-14-28-23/h6-15,18-19,25,30H,1-5H3,(H,29,31)/t18-,19-,25-/m0/s1. The number of nitrogens with one attached hydrogen (secondary N) is 1. The predicted octanol–water partition coefficient (Wildman–Crippen LogP) is 5.00. The van der Waals surface area contributed by atoms with Crippen LogP contribution in [0, 0.1) is 13.8 Å². The number of hydrogen-bond donors (Lipinski definition) is 2. The Balaban J connectivity index is 1.73. The van der Waals surface area contributed by atoms with Gasteiger partial charge in [0.2, 0.25) is 0 Å². The number of aryl methyl sites for hydroxylation is 2. The van der Waals surface area contributed by atoms with Gasteiger partial charge in [-0.1, -0.05) is 48.0 Å². The largest absolute Gasteiger partial charge is 0.503 e. The lowest BCUT2D eigenvalue weighted by Crippen LogP contribution is -2.41. The number of amides is 1. The summed E-state index contributed by atoms with van der Waals surface area (Å²) in [5.41, 5.74) is 3.13. The van der Waals surface area contributed by atoms with Crippen LogP contribution in [0.5, 0.6) is 11.5 Å². The molecule has 35 heavy (non-hydrogen) atoms. The molecule has 0 aliphatic carbocycles. The first-order valence-electron chi connectivity index (χ1n) is 11.2. The Kier molecular flexibility index (Phi) is 8.76. The summed E-state index contributed by atoms with van der Waals surface area (Å²) in [6, 6.07) is 16.6. The molecule has 0 fully saturated rings. The maximum absolute atomic E-state index is 12.9. The van der Waals surface area contributed by atoms with E-state index in [1.165, 1.54) is 31.9 Å². The van der Waals surface area contributed by atoms with E-state index in [0.717, 1.165) is 16.0 Å². The lowest BCUT2D eigenvalue weighted by Gasteiger charge is -2.26. The van der Waals surface area contributed by atoms with Crippen LogP contribution in [0.15, 0.2) is 65.7 Å². The number of hydrogen-bond acceptors (Lipinski definition) is 7. The van der Waals surface area contributed by atoms with E-state index in [9.17, 15) is 14.7 Å². The average molecular weight is 495 g/mol. The SMILES string of the molecule is COc1ccnc(C(=O)N[C@@H](C)C(=O)O[C@@H](C)[C@H](Sc2ccc(C)cc2C)c2ccccc2)c1O. The third-order valence-corrected chi connectivity index (χ3v) is 7.09. The molecule has 8 heteroatoms. The average Bonchev–Trinajstić information content (AvgIpc) is 2.84. The number of esters is 1. The molecule has 0 bridgehead atoms. The van der Waals surface area contributed by atoms with Gasteiger partial charge in [0.15, 0.2) is 17.2 Å². The number of methoxy groups -OCH3 is 1. The molecule has 184 valence electrons. The number of rotatable bonds is 9. The highest BCUT2D eigenvalue weighted by Crippen LogP contribution is 2.40. The summed E-state index contributed by atoms with van der Waals surface area (Å²) in [7, 11) is 1.37. The Hall–Kier alpha value is -3.52. The Morgan fingerprint density at radius 2 is 1.77 bits per heavy atom. The molecule has 0 saturated carbocycles. The molecule has 1 heterocycles. The van der Waals surface area contributed by atoms with Crippen LogP contribution in [0.3, 0.4) is 0 Å². The van der Waals surface area contributed by atoms with E-state index >= 15 is 0 Å². The van der Waals surface area contributed by atoms with Crippen LogP contribution in [0.25, 0.3) is 0 Å². The molecule has 0 aliphatic heterocycles. The first kappa shape index (κ1) is 26.1. The van der Waals surface area contributed by atoms with Crippen molar-refractivity contribution in [3.05, 3.63) is 83.2 Å². The van der Waals surface area contributed by atoms with Gasteiger partial charge in [0.1, 0.15) is 12.1 Å². The molecule has 0 spiro atoms. The number of ether oxygens (including phenoxy) is 2. The Morgan fingerprint density at radius 1 is 1.06 bits per heavy atom. The second-order valence-corrected chi connectivity index (χ2v) is 9.45. The maximum Gasteiger partial charge on any atom is 0.328 e. The first-order valence-corrected chi connectivity index (χ1v) is 12.1. The van der Waals surface area contributed by atoms with E-state index in [2.05, 4.69) is 42.3 Å². The van der Waals surface area contributed by atoms with Crippen LogP contribution < -0.4 is 10.1 Å². The van der Waals surface area contributed by atoms with Gasteiger partial charge in [0.25, 0.3) is 5.91 Å². The molecule has 0 aliphatic rings. The molecule has 1 aromatic heterocycles. The van der Waals surface area contributed by atoms with Gasteiger partial charge in [-0.2, -0.15) is 0 Å². The minimum Gasteiger partial charge on any atom is -0.503 e. The van der Waals surface area contributed by atoms with Gasteiger partial charge in [-0.15, -0.1) is 11.8 Å². The third kappa shape index (κ3) is 6.54. The number of aromatic hydroxyl groups is 1. The second kappa shape index (κ2) is 11.8. The molecule has 0 unspecified atom stereocenters. The van der Waals surface area contributed by atoms with Crippen molar-refractivity contribution >= 4 is 23.6 Å². The summed E-state index contributed by atoms with van der Waals surface area (Å²) >= 11 is 1.63. The number of carbonyl (C=O) groups is 2. The lowest BCUT2D eigenvalue weighted by atomic mass is 10.1. The molecule has 0 saturated heterocycles. The van der Waals surface area contributed by atoms with E-state index in [-0.39, 0.29) is 16.7 Å². The molecule has 0 radical (unpaired) electrons. The fourth-order valence-electron chi connectivity index (χ4n) is 3.58. The first-order chi connectivity index (χ1) is 16.7. The van der Waals surface area contributed by atoms with Crippen molar-refractivity contribution in [2.75, 3.05) is 7.11 Å².